The second-order valence-electron chi connectivity index (χ2n) is 5.16. The van der Waals surface area contributed by atoms with Gasteiger partial charge in [-0.15, -0.1) is 0 Å². The van der Waals surface area contributed by atoms with Crippen molar-refractivity contribution in [3.63, 3.8) is 0 Å². The van der Waals surface area contributed by atoms with Crippen molar-refractivity contribution in [2.75, 3.05) is 6.54 Å². The third-order valence-electron chi connectivity index (χ3n) is 3.03. The Labute approximate surface area is 125 Å². The van der Waals surface area contributed by atoms with Gasteiger partial charge in [0.1, 0.15) is 11.6 Å². The largest absolute Gasteiger partial charge is 0.489 e. The second kappa shape index (κ2) is 7.18. The van der Waals surface area contributed by atoms with Gasteiger partial charge in [0.25, 0.3) is 0 Å². The highest BCUT2D eigenvalue weighted by molar-refractivity contribution is 5.67. The van der Waals surface area contributed by atoms with E-state index in [1.54, 1.807) is 18.5 Å². The molecule has 0 bridgehead atoms. The molecule has 0 unspecified atom stereocenters. The third kappa shape index (κ3) is 4.26. The smallest absolute Gasteiger partial charge is 0.138 e. The van der Waals surface area contributed by atoms with E-state index in [9.17, 15) is 4.39 Å². The van der Waals surface area contributed by atoms with Crippen LogP contribution in [0.4, 0.5) is 4.39 Å². The molecule has 2 aromatic rings. The number of hydrogen-bond donors (Lipinski definition) is 1. The maximum Gasteiger partial charge on any atom is 0.138 e. The summed E-state index contributed by atoms with van der Waals surface area (Å²) in [5.41, 5.74) is 2.75. The van der Waals surface area contributed by atoms with E-state index in [1.165, 1.54) is 6.07 Å². The van der Waals surface area contributed by atoms with E-state index in [-0.39, 0.29) is 11.9 Å². The van der Waals surface area contributed by atoms with Crippen molar-refractivity contribution in [2.24, 2.45) is 0 Å². The van der Waals surface area contributed by atoms with Crippen molar-refractivity contribution in [3.8, 4) is 16.9 Å². The third-order valence-corrected chi connectivity index (χ3v) is 3.03. The SMILES string of the molecule is CCNCc1ccc(F)cc1-c1cncc(OC(C)C)c1. The summed E-state index contributed by atoms with van der Waals surface area (Å²) in [4.78, 5) is 4.20. The predicted octanol–water partition coefficient (Wildman–Crippen LogP) is 3.78. The lowest BCUT2D eigenvalue weighted by Crippen LogP contribution is -2.12. The molecular formula is C17H21FN2O. The maximum atomic E-state index is 13.6. The van der Waals surface area contributed by atoms with Gasteiger partial charge in [-0.2, -0.15) is 0 Å². The van der Waals surface area contributed by atoms with E-state index in [2.05, 4.69) is 10.3 Å². The summed E-state index contributed by atoms with van der Waals surface area (Å²) in [6.45, 7) is 7.53. The first kappa shape index (κ1) is 15.4. The number of rotatable bonds is 6. The van der Waals surface area contributed by atoms with Crippen LogP contribution in [0.2, 0.25) is 0 Å². The van der Waals surface area contributed by atoms with Gasteiger partial charge in [0.2, 0.25) is 0 Å². The summed E-state index contributed by atoms with van der Waals surface area (Å²) in [7, 11) is 0. The Balaban J connectivity index is 2.37. The molecule has 0 amide bonds. The quantitative estimate of drug-likeness (QED) is 0.878. The zero-order valence-electron chi connectivity index (χ0n) is 12.7. The van der Waals surface area contributed by atoms with Crippen LogP contribution in [0.5, 0.6) is 5.75 Å². The number of hydrogen-bond acceptors (Lipinski definition) is 3. The lowest BCUT2D eigenvalue weighted by molar-refractivity contribution is 0.241. The fourth-order valence-corrected chi connectivity index (χ4v) is 2.13. The summed E-state index contributed by atoms with van der Waals surface area (Å²) < 4.78 is 19.2. The molecule has 21 heavy (non-hydrogen) atoms. The molecule has 0 radical (unpaired) electrons. The molecule has 3 nitrogen and oxygen atoms in total. The Morgan fingerprint density at radius 1 is 1.24 bits per heavy atom. The summed E-state index contributed by atoms with van der Waals surface area (Å²) in [6.07, 6.45) is 3.49. The summed E-state index contributed by atoms with van der Waals surface area (Å²) in [5.74, 6) is 0.446. The Kier molecular flexibility index (Phi) is 5.28. The van der Waals surface area contributed by atoms with Gasteiger partial charge in [0.15, 0.2) is 0 Å². The number of ether oxygens (including phenoxy) is 1. The Morgan fingerprint density at radius 3 is 2.76 bits per heavy atom. The predicted molar refractivity (Wildman–Crippen MR) is 82.8 cm³/mol. The molecule has 112 valence electrons. The van der Waals surface area contributed by atoms with Crippen LogP contribution in [-0.4, -0.2) is 17.6 Å². The highest BCUT2D eigenvalue weighted by Gasteiger charge is 2.09. The lowest BCUT2D eigenvalue weighted by atomic mass is 10.0. The van der Waals surface area contributed by atoms with Crippen LogP contribution in [0.25, 0.3) is 11.1 Å². The first-order valence-corrected chi connectivity index (χ1v) is 7.21. The number of halogens is 1. The fraction of sp³-hybridized carbons (Fsp3) is 0.353. The van der Waals surface area contributed by atoms with E-state index in [4.69, 9.17) is 4.74 Å². The van der Waals surface area contributed by atoms with Gasteiger partial charge in [0.05, 0.1) is 12.3 Å². The first-order valence-electron chi connectivity index (χ1n) is 7.21. The van der Waals surface area contributed by atoms with Crippen molar-refractivity contribution in [1.29, 1.82) is 0 Å². The number of benzene rings is 1. The zero-order chi connectivity index (χ0) is 15.2. The molecule has 0 saturated carbocycles. The van der Waals surface area contributed by atoms with Crippen LogP contribution in [-0.2, 0) is 6.54 Å². The monoisotopic (exact) mass is 288 g/mol. The molecule has 0 atom stereocenters. The molecule has 0 aliphatic carbocycles. The topological polar surface area (TPSA) is 34.2 Å². The number of nitrogens with zero attached hydrogens (tertiary/aromatic N) is 1. The molecule has 2 rings (SSSR count). The van der Waals surface area contributed by atoms with E-state index in [0.29, 0.717) is 12.3 Å². The molecular weight excluding hydrogens is 267 g/mol. The lowest BCUT2D eigenvalue weighted by Gasteiger charge is -2.13. The fourth-order valence-electron chi connectivity index (χ4n) is 2.13. The summed E-state index contributed by atoms with van der Waals surface area (Å²) >= 11 is 0. The van der Waals surface area contributed by atoms with Gasteiger partial charge in [-0.05, 0) is 49.7 Å². The Morgan fingerprint density at radius 2 is 2.05 bits per heavy atom. The van der Waals surface area contributed by atoms with Gasteiger partial charge in [-0.3, -0.25) is 4.98 Å². The standard InChI is InChI=1S/C17H21FN2O/c1-4-19-9-13-5-6-15(18)8-17(13)14-7-16(11-20-10-14)21-12(2)3/h5-8,10-12,19H,4,9H2,1-3H3. The summed E-state index contributed by atoms with van der Waals surface area (Å²) in [6, 6.07) is 6.74. The number of pyridine rings is 1. The second-order valence-corrected chi connectivity index (χ2v) is 5.16. The van der Waals surface area contributed by atoms with Crippen LogP contribution in [0.3, 0.4) is 0 Å². The first-order chi connectivity index (χ1) is 10.1. The molecule has 0 saturated heterocycles. The van der Waals surface area contributed by atoms with E-state index >= 15 is 0 Å². The van der Waals surface area contributed by atoms with Crippen LogP contribution in [0.1, 0.15) is 26.3 Å². The van der Waals surface area contributed by atoms with Crippen molar-refractivity contribution in [1.82, 2.24) is 10.3 Å². The van der Waals surface area contributed by atoms with Gasteiger partial charge >= 0.3 is 0 Å². The minimum atomic E-state index is -0.250. The minimum Gasteiger partial charge on any atom is -0.489 e. The molecule has 0 aliphatic rings. The minimum absolute atomic E-state index is 0.0794. The number of nitrogens with one attached hydrogen (secondary N) is 1. The van der Waals surface area contributed by atoms with Gasteiger partial charge in [0, 0.05) is 18.3 Å². The molecule has 1 aromatic carbocycles. The average molecular weight is 288 g/mol. The van der Waals surface area contributed by atoms with Crippen molar-refractivity contribution in [3.05, 3.63) is 48.0 Å². The Hall–Kier alpha value is -1.94. The van der Waals surface area contributed by atoms with Gasteiger partial charge in [-0.1, -0.05) is 13.0 Å². The van der Waals surface area contributed by atoms with Crippen LogP contribution >= 0.6 is 0 Å². The molecule has 4 heteroatoms. The van der Waals surface area contributed by atoms with E-state index in [0.717, 1.165) is 23.2 Å². The normalized spacial score (nSPS) is 10.9. The highest BCUT2D eigenvalue weighted by Crippen LogP contribution is 2.27. The molecule has 0 spiro atoms. The summed E-state index contributed by atoms with van der Waals surface area (Å²) in [5, 5.41) is 3.27. The van der Waals surface area contributed by atoms with Crippen LogP contribution < -0.4 is 10.1 Å². The van der Waals surface area contributed by atoms with Crippen molar-refractivity contribution >= 4 is 0 Å². The van der Waals surface area contributed by atoms with Gasteiger partial charge < -0.3 is 10.1 Å². The van der Waals surface area contributed by atoms with Gasteiger partial charge in [-0.25, -0.2) is 4.39 Å². The van der Waals surface area contributed by atoms with Crippen LogP contribution in [0.15, 0.2) is 36.7 Å². The number of aromatic nitrogens is 1. The van der Waals surface area contributed by atoms with E-state index < -0.39 is 0 Å². The van der Waals surface area contributed by atoms with Crippen molar-refractivity contribution in [2.45, 2.75) is 33.4 Å². The van der Waals surface area contributed by atoms with Crippen molar-refractivity contribution < 1.29 is 9.13 Å². The van der Waals surface area contributed by atoms with Crippen LogP contribution in [0, 0.1) is 5.82 Å². The molecule has 1 heterocycles. The van der Waals surface area contributed by atoms with E-state index in [1.807, 2.05) is 32.9 Å². The zero-order valence-corrected chi connectivity index (χ0v) is 12.7. The molecule has 1 aromatic heterocycles. The Bertz CT molecular complexity index is 599. The maximum absolute atomic E-state index is 13.6. The molecule has 1 N–H and O–H groups in total. The molecule has 0 fully saturated rings. The average Bonchev–Trinajstić information content (AvgIpc) is 2.45. The highest BCUT2D eigenvalue weighted by atomic mass is 19.1. The molecule has 0 aliphatic heterocycles.